The van der Waals surface area contributed by atoms with E-state index in [0.29, 0.717) is 11.3 Å². The number of hydrogen-bond acceptors (Lipinski definition) is 2. The highest BCUT2D eigenvalue weighted by Gasteiger charge is 2.35. The van der Waals surface area contributed by atoms with E-state index in [-0.39, 0.29) is 0 Å². The Kier molecular flexibility index (Phi) is 5.93. The number of hydrogen-bond donors (Lipinski definition) is 0. The summed E-state index contributed by atoms with van der Waals surface area (Å²) in [5, 5.41) is 0. The SMILES string of the molecule is COc1cccc(/C=C/C(=N/S(=O)C(C)(C)C)C(F)(F)F)c1. The fourth-order valence-electron chi connectivity index (χ4n) is 1.32. The quantitative estimate of drug-likeness (QED) is 0.776. The van der Waals surface area contributed by atoms with E-state index in [1.165, 1.54) is 13.2 Å². The molecule has 22 heavy (non-hydrogen) atoms. The number of methoxy groups -OCH3 is 1. The normalized spacial score (nSPS) is 15.1. The third-order valence-electron chi connectivity index (χ3n) is 2.52. The molecule has 1 atom stereocenters. The topological polar surface area (TPSA) is 38.7 Å². The Bertz CT molecular complexity index is 602. The molecule has 0 radical (unpaired) electrons. The van der Waals surface area contributed by atoms with Crippen LogP contribution < -0.4 is 4.74 Å². The van der Waals surface area contributed by atoms with Crippen LogP contribution in [-0.2, 0) is 11.0 Å². The Balaban J connectivity index is 3.12. The molecule has 0 aliphatic carbocycles. The first kappa shape index (κ1) is 18.4. The van der Waals surface area contributed by atoms with Gasteiger partial charge in [0.05, 0.1) is 11.9 Å². The van der Waals surface area contributed by atoms with Gasteiger partial charge in [-0.3, -0.25) is 0 Å². The Hall–Kier alpha value is -1.63. The lowest BCUT2D eigenvalue weighted by Crippen LogP contribution is -2.26. The first-order valence-electron chi connectivity index (χ1n) is 6.44. The Morgan fingerprint density at radius 2 is 1.91 bits per heavy atom. The molecular weight excluding hydrogens is 315 g/mol. The Labute approximate surface area is 130 Å². The van der Waals surface area contributed by atoms with Crippen LogP contribution in [0.2, 0.25) is 0 Å². The highest BCUT2D eigenvalue weighted by atomic mass is 32.2. The molecule has 0 saturated heterocycles. The molecule has 0 fully saturated rings. The van der Waals surface area contributed by atoms with Crippen molar-refractivity contribution < 1.29 is 22.1 Å². The molecule has 0 heterocycles. The zero-order chi connectivity index (χ0) is 17.0. The monoisotopic (exact) mass is 333 g/mol. The number of nitrogens with zero attached hydrogens (tertiary/aromatic N) is 1. The maximum atomic E-state index is 13.0. The summed E-state index contributed by atoms with van der Waals surface area (Å²) in [4.78, 5) is 0. The van der Waals surface area contributed by atoms with Gasteiger partial charge in [-0.15, -0.1) is 0 Å². The molecule has 7 heteroatoms. The zero-order valence-corrected chi connectivity index (χ0v) is 13.6. The van der Waals surface area contributed by atoms with Crippen LogP contribution in [0.25, 0.3) is 6.08 Å². The summed E-state index contributed by atoms with van der Waals surface area (Å²) in [5.41, 5.74) is -0.651. The highest BCUT2D eigenvalue weighted by molar-refractivity contribution is 7.85. The van der Waals surface area contributed by atoms with Gasteiger partial charge in [0.1, 0.15) is 16.7 Å². The second-order valence-corrected chi connectivity index (χ2v) is 7.35. The molecule has 122 valence electrons. The standard InChI is InChI=1S/C15H18F3NO2S/c1-14(2,3)22(20)19-13(15(16,17)18)9-8-11-6-5-7-12(10-11)21-4/h5-10H,1-4H3/b9-8+,19-13-. The van der Waals surface area contributed by atoms with Gasteiger partial charge in [-0.25, -0.2) is 4.21 Å². The molecule has 0 aliphatic rings. The summed E-state index contributed by atoms with van der Waals surface area (Å²) in [6.07, 6.45) is -2.59. The zero-order valence-electron chi connectivity index (χ0n) is 12.8. The van der Waals surface area contributed by atoms with E-state index in [1.54, 1.807) is 45.0 Å². The maximum absolute atomic E-state index is 13.0. The van der Waals surface area contributed by atoms with Crippen LogP contribution in [0.5, 0.6) is 5.75 Å². The van der Waals surface area contributed by atoms with Crippen LogP contribution in [0, 0.1) is 0 Å². The first-order valence-corrected chi connectivity index (χ1v) is 7.55. The van der Waals surface area contributed by atoms with Crippen molar-refractivity contribution >= 4 is 22.8 Å². The van der Waals surface area contributed by atoms with Crippen molar-refractivity contribution in [3.63, 3.8) is 0 Å². The van der Waals surface area contributed by atoms with Crippen LogP contribution in [-0.4, -0.2) is 28.0 Å². The molecule has 0 bridgehead atoms. The number of allylic oxidation sites excluding steroid dienone is 1. The highest BCUT2D eigenvalue weighted by Crippen LogP contribution is 2.23. The number of alkyl halides is 3. The summed E-state index contributed by atoms with van der Waals surface area (Å²) in [6, 6.07) is 6.57. The fraction of sp³-hybridized carbons (Fsp3) is 0.400. The summed E-state index contributed by atoms with van der Waals surface area (Å²) < 4.78 is 58.2. The Morgan fingerprint density at radius 1 is 1.27 bits per heavy atom. The van der Waals surface area contributed by atoms with Gasteiger partial charge in [0.25, 0.3) is 0 Å². The average molecular weight is 333 g/mol. The lowest BCUT2D eigenvalue weighted by molar-refractivity contribution is -0.0574. The van der Waals surface area contributed by atoms with Gasteiger partial charge in [0, 0.05) is 0 Å². The van der Waals surface area contributed by atoms with Crippen molar-refractivity contribution in [2.45, 2.75) is 31.7 Å². The van der Waals surface area contributed by atoms with Crippen LogP contribution in [0.4, 0.5) is 13.2 Å². The van der Waals surface area contributed by atoms with Gasteiger partial charge < -0.3 is 4.74 Å². The first-order chi connectivity index (χ1) is 10.0. The van der Waals surface area contributed by atoms with E-state index in [2.05, 4.69) is 4.40 Å². The molecule has 1 aromatic rings. The molecule has 3 nitrogen and oxygen atoms in total. The minimum absolute atomic E-state index is 0.526. The number of benzene rings is 1. The van der Waals surface area contributed by atoms with E-state index < -0.39 is 27.6 Å². The molecule has 1 unspecified atom stereocenters. The van der Waals surface area contributed by atoms with Crippen molar-refractivity contribution in [3.05, 3.63) is 35.9 Å². The van der Waals surface area contributed by atoms with Gasteiger partial charge >= 0.3 is 6.18 Å². The molecule has 0 aromatic heterocycles. The minimum atomic E-state index is -4.67. The van der Waals surface area contributed by atoms with Crippen molar-refractivity contribution in [3.8, 4) is 5.75 Å². The van der Waals surface area contributed by atoms with Crippen LogP contribution in [0.15, 0.2) is 34.7 Å². The maximum Gasteiger partial charge on any atom is 0.434 e. The molecule has 0 saturated carbocycles. The largest absolute Gasteiger partial charge is 0.497 e. The molecular formula is C15H18F3NO2S. The molecule has 0 spiro atoms. The lowest BCUT2D eigenvalue weighted by atomic mass is 10.2. The molecule has 1 aromatic carbocycles. The van der Waals surface area contributed by atoms with Gasteiger partial charge in [-0.05, 0) is 44.5 Å². The summed E-state index contributed by atoms with van der Waals surface area (Å²) in [7, 11) is -0.516. The summed E-state index contributed by atoms with van der Waals surface area (Å²) in [5.74, 6) is 0.533. The predicted octanol–water partition coefficient (Wildman–Crippen LogP) is 4.17. The van der Waals surface area contributed by atoms with Gasteiger partial charge in [0.2, 0.25) is 0 Å². The summed E-state index contributed by atoms with van der Waals surface area (Å²) >= 11 is 0. The van der Waals surface area contributed by atoms with E-state index in [0.717, 1.165) is 6.08 Å². The van der Waals surface area contributed by atoms with E-state index in [4.69, 9.17) is 4.74 Å². The lowest BCUT2D eigenvalue weighted by Gasteiger charge is -2.15. The second-order valence-electron chi connectivity index (χ2n) is 5.45. The van der Waals surface area contributed by atoms with Crippen LogP contribution in [0.1, 0.15) is 26.3 Å². The smallest absolute Gasteiger partial charge is 0.434 e. The second kappa shape index (κ2) is 7.09. The van der Waals surface area contributed by atoms with E-state index >= 15 is 0 Å². The summed E-state index contributed by atoms with van der Waals surface area (Å²) in [6.45, 7) is 4.69. The van der Waals surface area contributed by atoms with Crippen molar-refractivity contribution in [1.82, 2.24) is 0 Å². The van der Waals surface area contributed by atoms with Crippen molar-refractivity contribution in [2.24, 2.45) is 4.40 Å². The Morgan fingerprint density at radius 3 is 2.41 bits per heavy atom. The fourth-order valence-corrected chi connectivity index (χ4v) is 1.94. The molecule has 0 aliphatic heterocycles. The third-order valence-corrected chi connectivity index (χ3v) is 3.93. The van der Waals surface area contributed by atoms with Crippen molar-refractivity contribution in [1.29, 1.82) is 0 Å². The van der Waals surface area contributed by atoms with E-state index in [1.807, 2.05) is 0 Å². The molecule has 1 rings (SSSR count). The molecule has 0 amide bonds. The van der Waals surface area contributed by atoms with Crippen molar-refractivity contribution in [2.75, 3.05) is 7.11 Å². The number of rotatable bonds is 4. The predicted molar refractivity (Wildman–Crippen MR) is 83.4 cm³/mol. The molecule has 0 N–H and O–H groups in total. The number of halogens is 3. The average Bonchev–Trinajstić information content (AvgIpc) is 2.41. The number of ether oxygens (including phenoxy) is 1. The minimum Gasteiger partial charge on any atom is -0.497 e. The van der Waals surface area contributed by atoms with E-state index in [9.17, 15) is 17.4 Å². The van der Waals surface area contributed by atoms with Gasteiger partial charge in [-0.2, -0.15) is 17.6 Å². The van der Waals surface area contributed by atoms with Crippen LogP contribution in [0.3, 0.4) is 0 Å². The van der Waals surface area contributed by atoms with Crippen LogP contribution >= 0.6 is 0 Å². The van der Waals surface area contributed by atoms with Gasteiger partial charge in [-0.1, -0.05) is 18.2 Å². The van der Waals surface area contributed by atoms with Gasteiger partial charge in [0.15, 0.2) is 5.71 Å². The third kappa shape index (κ3) is 5.63.